The van der Waals surface area contributed by atoms with E-state index in [1.54, 1.807) is 54.9 Å². The zero-order chi connectivity index (χ0) is 22.1. The maximum atomic E-state index is 14.0. The van der Waals surface area contributed by atoms with Gasteiger partial charge in [-0.05, 0) is 38.1 Å². The third kappa shape index (κ3) is 4.33. The number of nitrogens with zero attached hydrogens (tertiary/aromatic N) is 3. The molecule has 0 fully saturated rings. The van der Waals surface area contributed by atoms with Gasteiger partial charge in [-0.15, -0.1) is 0 Å². The first-order valence-electron chi connectivity index (χ1n) is 9.34. The lowest BCUT2D eigenvalue weighted by Crippen LogP contribution is -2.13. The predicted octanol–water partition coefficient (Wildman–Crippen LogP) is 5.90. The van der Waals surface area contributed by atoms with E-state index in [0.29, 0.717) is 44.0 Å². The van der Waals surface area contributed by atoms with Gasteiger partial charge in [0.15, 0.2) is 11.5 Å². The summed E-state index contributed by atoms with van der Waals surface area (Å²) in [6.45, 7) is 3.82. The summed E-state index contributed by atoms with van der Waals surface area (Å²) in [5.41, 5.74) is 3.00. The monoisotopic (exact) mass is 458 g/mol. The molecule has 0 aliphatic heterocycles. The number of rotatable bonds is 5. The predicted molar refractivity (Wildman–Crippen MR) is 117 cm³/mol. The van der Waals surface area contributed by atoms with Crippen molar-refractivity contribution in [3.8, 4) is 11.3 Å². The van der Waals surface area contributed by atoms with Crippen molar-refractivity contribution in [1.29, 1.82) is 0 Å². The second kappa shape index (κ2) is 8.53. The van der Waals surface area contributed by atoms with E-state index in [4.69, 9.17) is 27.7 Å². The lowest BCUT2D eigenvalue weighted by Gasteiger charge is -2.07. The average Bonchev–Trinajstić information content (AvgIpc) is 3.31. The van der Waals surface area contributed by atoms with Crippen molar-refractivity contribution in [2.75, 3.05) is 5.32 Å². The Hall–Kier alpha value is -3.16. The molecule has 158 valence electrons. The van der Waals surface area contributed by atoms with Crippen LogP contribution in [0.2, 0.25) is 10.0 Å². The van der Waals surface area contributed by atoms with Crippen LogP contribution in [0.1, 0.15) is 27.4 Å². The van der Waals surface area contributed by atoms with Gasteiger partial charge in [0, 0.05) is 22.2 Å². The number of carbonyl (C=O) groups is 1. The molecule has 2 heterocycles. The Morgan fingerprint density at radius 2 is 1.94 bits per heavy atom. The lowest BCUT2D eigenvalue weighted by molar-refractivity contribution is 0.101. The molecule has 0 bridgehead atoms. The summed E-state index contributed by atoms with van der Waals surface area (Å²) in [5, 5.41) is 12.0. The first kappa shape index (κ1) is 21.1. The van der Waals surface area contributed by atoms with Crippen molar-refractivity contribution < 1.29 is 13.7 Å². The number of halogens is 3. The van der Waals surface area contributed by atoms with Crippen molar-refractivity contribution in [1.82, 2.24) is 14.9 Å². The van der Waals surface area contributed by atoms with E-state index in [-0.39, 0.29) is 18.1 Å². The average molecular weight is 459 g/mol. The standard InChI is InChI=1S/C22H17Cl2FN4O2/c1-12-21(13(2)29(27-12)11-14-5-3-4-6-18(14)25)26-22(30)19-10-20(31-28-19)16-8-7-15(23)9-17(16)24/h3-10H,11H2,1-2H3,(H,26,30). The fourth-order valence-corrected chi connectivity index (χ4v) is 3.70. The van der Waals surface area contributed by atoms with Crippen molar-refractivity contribution in [3.05, 3.63) is 87.0 Å². The molecule has 1 amide bonds. The topological polar surface area (TPSA) is 73.0 Å². The van der Waals surface area contributed by atoms with Crippen LogP contribution in [0.3, 0.4) is 0 Å². The van der Waals surface area contributed by atoms with Crippen LogP contribution in [-0.2, 0) is 6.54 Å². The van der Waals surface area contributed by atoms with Crippen LogP contribution in [0.4, 0.5) is 10.1 Å². The number of anilines is 1. The molecule has 9 heteroatoms. The van der Waals surface area contributed by atoms with E-state index in [2.05, 4.69) is 15.6 Å². The van der Waals surface area contributed by atoms with Crippen LogP contribution in [0.5, 0.6) is 0 Å². The number of aromatic nitrogens is 3. The second-order valence-corrected chi connectivity index (χ2v) is 7.79. The Kier molecular flexibility index (Phi) is 5.80. The van der Waals surface area contributed by atoms with Gasteiger partial charge >= 0.3 is 0 Å². The van der Waals surface area contributed by atoms with E-state index in [1.807, 2.05) is 0 Å². The van der Waals surface area contributed by atoms with Crippen molar-refractivity contribution in [2.45, 2.75) is 20.4 Å². The molecule has 0 unspecified atom stereocenters. The van der Waals surface area contributed by atoms with E-state index in [0.717, 1.165) is 0 Å². The smallest absolute Gasteiger partial charge is 0.277 e. The fraction of sp³-hybridized carbons (Fsp3) is 0.136. The van der Waals surface area contributed by atoms with Crippen LogP contribution in [-0.4, -0.2) is 20.8 Å². The van der Waals surface area contributed by atoms with Crippen LogP contribution >= 0.6 is 23.2 Å². The summed E-state index contributed by atoms with van der Waals surface area (Å²) in [6, 6.07) is 12.9. The Bertz CT molecular complexity index is 1280. The number of hydrogen-bond acceptors (Lipinski definition) is 4. The Morgan fingerprint density at radius 1 is 1.16 bits per heavy atom. The van der Waals surface area contributed by atoms with Gasteiger partial charge in [0.05, 0.1) is 28.6 Å². The zero-order valence-corrected chi connectivity index (χ0v) is 18.1. The van der Waals surface area contributed by atoms with Gasteiger partial charge in [-0.1, -0.05) is 46.6 Å². The summed E-state index contributed by atoms with van der Waals surface area (Å²) in [4.78, 5) is 12.7. The fourth-order valence-electron chi connectivity index (χ4n) is 3.20. The largest absolute Gasteiger partial charge is 0.355 e. The highest BCUT2D eigenvalue weighted by Crippen LogP contribution is 2.31. The molecular weight excluding hydrogens is 442 g/mol. The molecule has 0 atom stereocenters. The molecule has 0 aliphatic rings. The molecular formula is C22H17Cl2FN4O2. The molecule has 31 heavy (non-hydrogen) atoms. The Morgan fingerprint density at radius 3 is 2.68 bits per heavy atom. The third-order valence-electron chi connectivity index (χ3n) is 4.84. The molecule has 4 aromatic rings. The molecule has 0 spiro atoms. The number of aryl methyl sites for hydroxylation is 1. The molecule has 6 nitrogen and oxygen atoms in total. The molecule has 0 aliphatic carbocycles. The third-order valence-corrected chi connectivity index (χ3v) is 5.39. The maximum absolute atomic E-state index is 14.0. The van der Waals surface area contributed by atoms with E-state index >= 15 is 0 Å². The minimum atomic E-state index is -0.461. The molecule has 1 N–H and O–H groups in total. The highest BCUT2D eigenvalue weighted by molar-refractivity contribution is 6.36. The maximum Gasteiger partial charge on any atom is 0.277 e. The number of carbonyl (C=O) groups excluding carboxylic acids is 1. The van der Waals surface area contributed by atoms with Gasteiger partial charge in [0.2, 0.25) is 0 Å². The summed E-state index contributed by atoms with van der Waals surface area (Å²) in [5.74, 6) is -0.427. The van der Waals surface area contributed by atoms with Gasteiger partial charge in [-0.25, -0.2) is 4.39 Å². The van der Waals surface area contributed by atoms with E-state index in [1.165, 1.54) is 12.1 Å². The van der Waals surface area contributed by atoms with Gasteiger partial charge in [-0.3, -0.25) is 9.48 Å². The summed E-state index contributed by atoms with van der Waals surface area (Å²) >= 11 is 12.1. The lowest BCUT2D eigenvalue weighted by atomic mass is 10.1. The van der Waals surface area contributed by atoms with Crippen molar-refractivity contribution in [2.24, 2.45) is 0 Å². The molecule has 0 saturated heterocycles. The number of amides is 1. The van der Waals surface area contributed by atoms with Gasteiger partial charge < -0.3 is 9.84 Å². The van der Waals surface area contributed by atoms with Gasteiger partial charge in [0.1, 0.15) is 5.82 Å². The van der Waals surface area contributed by atoms with Crippen molar-refractivity contribution in [3.63, 3.8) is 0 Å². The molecule has 2 aromatic heterocycles. The Labute approximate surface area is 187 Å². The van der Waals surface area contributed by atoms with E-state index < -0.39 is 5.91 Å². The highest BCUT2D eigenvalue weighted by Gasteiger charge is 2.20. The first-order valence-corrected chi connectivity index (χ1v) is 10.1. The summed E-state index contributed by atoms with van der Waals surface area (Å²) in [7, 11) is 0. The molecule has 4 rings (SSSR count). The van der Waals surface area contributed by atoms with Crippen LogP contribution in [0, 0.1) is 19.7 Å². The zero-order valence-electron chi connectivity index (χ0n) is 16.6. The Balaban J connectivity index is 1.55. The van der Waals surface area contributed by atoms with Gasteiger partial charge in [-0.2, -0.15) is 5.10 Å². The number of benzene rings is 2. The van der Waals surface area contributed by atoms with Crippen LogP contribution < -0.4 is 5.32 Å². The summed E-state index contributed by atoms with van der Waals surface area (Å²) < 4.78 is 20.9. The van der Waals surface area contributed by atoms with Crippen LogP contribution in [0.25, 0.3) is 11.3 Å². The van der Waals surface area contributed by atoms with Crippen molar-refractivity contribution >= 4 is 34.8 Å². The normalized spacial score (nSPS) is 11.0. The highest BCUT2D eigenvalue weighted by atomic mass is 35.5. The van der Waals surface area contributed by atoms with E-state index in [9.17, 15) is 9.18 Å². The molecule has 0 saturated carbocycles. The first-order chi connectivity index (χ1) is 14.8. The second-order valence-electron chi connectivity index (χ2n) is 6.95. The minimum absolute atomic E-state index is 0.0849. The number of nitrogens with one attached hydrogen (secondary N) is 1. The van der Waals surface area contributed by atoms with Crippen LogP contribution in [0.15, 0.2) is 53.1 Å². The quantitative estimate of drug-likeness (QED) is 0.403. The molecule has 2 aromatic carbocycles. The SMILES string of the molecule is Cc1nn(Cc2ccccc2F)c(C)c1NC(=O)c1cc(-c2ccc(Cl)cc2Cl)on1. The van der Waals surface area contributed by atoms with Gasteiger partial charge in [0.25, 0.3) is 5.91 Å². The minimum Gasteiger partial charge on any atom is -0.355 e. The summed E-state index contributed by atoms with van der Waals surface area (Å²) in [6.07, 6.45) is 0. The molecule has 0 radical (unpaired) electrons. The number of hydrogen-bond donors (Lipinski definition) is 1.